The summed E-state index contributed by atoms with van der Waals surface area (Å²) in [7, 11) is 0. The summed E-state index contributed by atoms with van der Waals surface area (Å²) in [4.78, 5) is 22.7. The van der Waals surface area contributed by atoms with E-state index in [2.05, 4.69) is 19.2 Å². The Hall–Kier alpha value is -2.04. The van der Waals surface area contributed by atoms with Gasteiger partial charge in [-0.1, -0.05) is 81.6 Å². The summed E-state index contributed by atoms with van der Waals surface area (Å²) in [6.07, 6.45) is 1.29. The van der Waals surface area contributed by atoms with E-state index in [9.17, 15) is 9.59 Å². The molecule has 0 saturated heterocycles. The molecule has 0 amide bonds. The van der Waals surface area contributed by atoms with Crippen molar-refractivity contribution in [1.82, 2.24) is 0 Å². The van der Waals surface area contributed by atoms with Crippen LogP contribution in [0.4, 0.5) is 11.4 Å². The molecule has 0 aliphatic heterocycles. The van der Waals surface area contributed by atoms with Gasteiger partial charge in [-0.25, -0.2) is 0 Å². The molecule has 0 heterocycles. The van der Waals surface area contributed by atoms with Gasteiger partial charge in [0.05, 0.1) is 22.2 Å². The molecule has 28 heavy (non-hydrogen) atoms. The SMILES string of the molecule is CC.CC(=O)COC(=O)Cc1ccccc1Nc1c(Cl)cccc1Cl.CCC. The van der Waals surface area contributed by atoms with Crippen molar-refractivity contribution in [2.45, 2.75) is 47.5 Å². The van der Waals surface area contributed by atoms with Crippen LogP contribution in [-0.4, -0.2) is 18.4 Å². The van der Waals surface area contributed by atoms with E-state index < -0.39 is 5.97 Å². The van der Waals surface area contributed by atoms with Gasteiger partial charge in [0.2, 0.25) is 0 Å². The highest BCUT2D eigenvalue weighted by Crippen LogP contribution is 2.33. The predicted octanol–water partition coefficient (Wildman–Crippen LogP) is 6.85. The normalized spacial score (nSPS) is 9.25. The third-order valence-corrected chi connectivity index (χ3v) is 3.64. The molecule has 0 radical (unpaired) electrons. The second-order valence-electron chi connectivity index (χ2n) is 5.63. The Morgan fingerprint density at radius 3 is 2.04 bits per heavy atom. The van der Waals surface area contributed by atoms with Crippen molar-refractivity contribution in [3.05, 3.63) is 58.1 Å². The molecule has 0 aliphatic rings. The summed E-state index contributed by atoms with van der Waals surface area (Å²) in [5.74, 6) is -0.674. The molecular formula is C22H29Cl2NO3. The van der Waals surface area contributed by atoms with E-state index >= 15 is 0 Å². The molecule has 0 aliphatic carbocycles. The van der Waals surface area contributed by atoms with Crippen molar-refractivity contribution >= 4 is 46.3 Å². The van der Waals surface area contributed by atoms with E-state index in [1.165, 1.54) is 13.3 Å². The van der Waals surface area contributed by atoms with Crippen molar-refractivity contribution in [2.24, 2.45) is 0 Å². The molecule has 4 nitrogen and oxygen atoms in total. The first-order valence-corrected chi connectivity index (χ1v) is 10.1. The number of rotatable bonds is 6. The number of Topliss-reactive ketones (excluding diaryl/α,β-unsaturated/α-hetero) is 1. The Morgan fingerprint density at radius 1 is 0.964 bits per heavy atom. The van der Waals surface area contributed by atoms with Crippen LogP contribution in [0.15, 0.2) is 42.5 Å². The number of carbonyl (C=O) groups excluding carboxylic acids is 2. The molecule has 0 spiro atoms. The number of nitrogens with one attached hydrogen (secondary N) is 1. The minimum atomic E-state index is -0.472. The number of ketones is 1. The highest BCUT2D eigenvalue weighted by Gasteiger charge is 2.12. The van der Waals surface area contributed by atoms with Crippen LogP contribution in [0.3, 0.4) is 0 Å². The van der Waals surface area contributed by atoms with Gasteiger partial charge in [0, 0.05) is 5.69 Å². The Labute approximate surface area is 178 Å². The highest BCUT2D eigenvalue weighted by atomic mass is 35.5. The molecule has 0 bridgehead atoms. The second kappa shape index (κ2) is 14.9. The van der Waals surface area contributed by atoms with Gasteiger partial charge < -0.3 is 10.1 Å². The smallest absolute Gasteiger partial charge is 0.310 e. The van der Waals surface area contributed by atoms with Crippen LogP contribution in [0.25, 0.3) is 0 Å². The molecule has 0 aromatic heterocycles. The lowest BCUT2D eigenvalue weighted by Crippen LogP contribution is -2.14. The molecule has 0 unspecified atom stereocenters. The largest absolute Gasteiger partial charge is 0.457 e. The quantitative estimate of drug-likeness (QED) is 0.513. The van der Waals surface area contributed by atoms with E-state index in [-0.39, 0.29) is 18.8 Å². The molecule has 0 saturated carbocycles. The van der Waals surface area contributed by atoms with Crippen molar-refractivity contribution in [3.63, 3.8) is 0 Å². The van der Waals surface area contributed by atoms with Crippen LogP contribution >= 0.6 is 23.2 Å². The maximum Gasteiger partial charge on any atom is 0.310 e. The zero-order valence-corrected chi connectivity index (χ0v) is 18.7. The monoisotopic (exact) mass is 425 g/mol. The van der Waals surface area contributed by atoms with Crippen LogP contribution in [0, 0.1) is 0 Å². The average Bonchev–Trinajstić information content (AvgIpc) is 2.67. The Balaban J connectivity index is 0.00000133. The topological polar surface area (TPSA) is 55.4 Å². The summed E-state index contributed by atoms with van der Waals surface area (Å²) in [6, 6.07) is 12.4. The first kappa shape index (κ1) is 26.0. The van der Waals surface area contributed by atoms with Crippen LogP contribution in [0.2, 0.25) is 10.0 Å². The lowest BCUT2D eigenvalue weighted by molar-refractivity contribution is -0.146. The molecule has 0 fully saturated rings. The summed E-state index contributed by atoms with van der Waals surface area (Å²) >= 11 is 12.3. The fourth-order valence-electron chi connectivity index (χ4n) is 1.94. The average molecular weight is 426 g/mol. The van der Waals surface area contributed by atoms with Crippen LogP contribution in [0.1, 0.15) is 46.6 Å². The highest BCUT2D eigenvalue weighted by molar-refractivity contribution is 6.39. The number of para-hydroxylation sites is 2. The summed E-state index contributed by atoms with van der Waals surface area (Å²) in [5.41, 5.74) is 1.99. The minimum absolute atomic E-state index is 0.0402. The number of carbonyl (C=O) groups is 2. The van der Waals surface area contributed by atoms with Crippen molar-refractivity contribution < 1.29 is 14.3 Å². The zero-order chi connectivity index (χ0) is 21.5. The molecule has 2 aromatic carbocycles. The van der Waals surface area contributed by atoms with Crippen LogP contribution in [-0.2, 0) is 20.7 Å². The molecule has 6 heteroatoms. The fraction of sp³-hybridized carbons (Fsp3) is 0.364. The zero-order valence-electron chi connectivity index (χ0n) is 17.1. The fourth-order valence-corrected chi connectivity index (χ4v) is 2.43. The number of ether oxygens (including phenoxy) is 1. The number of halogens is 2. The van der Waals surface area contributed by atoms with Crippen LogP contribution in [0.5, 0.6) is 0 Å². The first-order chi connectivity index (χ1) is 13.4. The molecule has 0 atom stereocenters. The third kappa shape index (κ3) is 9.77. The van der Waals surface area contributed by atoms with Gasteiger partial charge in [-0.05, 0) is 30.7 Å². The van der Waals surface area contributed by atoms with Crippen molar-refractivity contribution in [1.29, 1.82) is 0 Å². The van der Waals surface area contributed by atoms with E-state index in [4.69, 9.17) is 27.9 Å². The van der Waals surface area contributed by atoms with E-state index in [0.29, 0.717) is 21.4 Å². The second-order valence-corrected chi connectivity index (χ2v) is 6.44. The predicted molar refractivity (Wildman–Crippen MR) is 119 cm³/mol. The number of anilines is 2. The van der Waals surface area contributed by atoms with Gasteiger partial charge in [0.25, 0.3) is 0 Å². The van der Waals surface area contributed by atoms with Gasteiger partial charge in [-0.15, -0.1) is 0 Å². The van der Waals surface area contributed by atoms with Gasteiger partial charge in [0.15, 0.2) is 5.78 Å². The summed E-state index contributed by atoms with van der Waals surface area (Å²) in [5, 5.41) is 4.10. The third-order valence-electron chi connectivity index (χ3n) is 3.01. The Kier molecular flexibility index (Phi) is 13.9. The molecule has 1 N–H and O–H groups in total. The van der Waals surface area contributed by atoms with E-state index in [1.54, 1.807) is 24.3 Å². The van der Waals surface area contributed by atoms with Gasteiger partial charge in [-0.3, -0.25) is 9.59 Å². The first-order valence-electron chi connectivity index (χ1n) is 9.33. The molecule has 2 rings (SSSR count). The summed E-state index contributed by atoms with van der Waals surface area (Å²) in [6.45, 7) is 9.40. The molecule has 2 aromatic rings. The van der Waals surface area contributed by atoms with Crippen molar-refractivity contribution in [2.75, 3.05) is 11.9 Å². The lowest BCUT2D eigenvalue weighted by atomic mass is 10.1. The number of benzene rings is 2. The maximum absolute atomic E-state index is 11.8. The molecular weight excluding hydrogens is 397 g/mol. The number of esters is 1. The van der Waals surface area contributed by atoms with E-state index in [1.807, 2.05) is 32.0 Å². The maximum atomic E-state index is 11.8. The minimum Gasteiger partial charge on any atom is -0.457 e. The van der Waals surface area contributed by atoms with Gasteiger partial charge in [-0.2, -0.15) is 0 Å². The van der Waals surface area contributed by atoms with Crippen molar-refractivity contribution in [3.8, 4) is 0 Å². The van der Waals surface area contributed by atoms with Gasteiger partial charge >= 0.3 is 5.97 Å². The number of hydrogen-bond donors (Lipinski definition) is 1. The number of hydrogen-bond acceptors (Lipinski definition) is 4. The Morgan fingerprint density at radius 2 is 1.50 bits per heavy atom. The lowest BCUT2D eigenvalue weighted by Gasteiger charge is -2.14. The van der Waals surface area contributed by atoms with Gasteiger partial charge in [0.1, 0.15) is 6.61 Å². The summed E-state index contributed by atoms with van der Waals surface area (Å²) < 4.78 is 4.89. The molecule has 154 valence electrons. The Bertz CT molecular complexity index is 728. The standard InChI is InChI=1S/C17H15Cl2NO3.C3H8.C2H6/c1-11(21)10-23-16(22)9-12-5-2-3-8-15(12)20-17-13(18)6-4-7-14(17)19;1-3-2;1-2/h2-8,20H,9-10H2,1H3;3H2,1-2H3;1-2H3. The van der Waals surface area contributed by atoms with Crippen LogP contribution < -0.4 is 5.32 Å². The van der Waals surface area contributed by atoms with E-state index in [0.717, 1.165) is 5.56 Å².